The molecule has 1 aromatic rings. The zero-order valence-electron chi connectivity index (χ0n) is 13.1. The van der Waals surface area contributed by atoms with Crippen LogP contribution >= 0.6 is 0 Å². The minimum Gasteiger partial charge on any atom is -0.507 e. The number of phenols is 1. The Morgan fingerprint density at radius 2 is 2.00 bits per heavy atom. The smallest absolute Gasteiger partial charge is 0.335 e. The van der Waals surface area contributed by atoms with Crippen LogP contribution in [0.2, 0.25) is 0 Å². The number of allylic oxidation sites excluding steroid dienone is 2. The van der Waals surface area contributed by atoms with Gasteiger partial charge in [0.1, 0.15) is 5.75 Å². The van der Waals surface area contributed by atoms with Crippen molar-refractivity contribution in [2.24, 2.45) is 5.92 Å². The van der Waals surface area contributed by atoms with Crippen molar-refractivity contribution in [2.45, 2.75) is 33.6 Å². The molecule has 1 atom stereocenters. The normalized spacial score (nSPS) is 12.8. The van der Waals surface area contributed by atoms with Crippen LogP contribution in [0.15, 0.2) is 24.3 Å². The number of ether oxygens (including phenoxy) is 1. The number of esters is 1. The van der Waals surface area contributed by atoms with Crippen LogP contribution in [0, 0.1) is 5.92 Å². The van der Waals surface area contributed by atoms with E-state index in [-0.39, 0.29) is 23.2 Å². The van der Waals surface area contributed by atoms with Crippen LogP contribution in [-0.2, 0) is 9.53 Å². The molecule has 0 aromatic heterocycles. The Kier molecular flexibility index (Phi) is 6.63. The second-order valence-electron chi connectivity index (χ2n) is 5.41. The molecule has 1 unspecified atom stereocenters. The summed E-state index contributed by atoms with van der Waals surface area (Å²) < 4.78 is 4.95. The highest BCUT2D eigenvalue weighted by Crippen LogP contribution is 2.26. The van der Waals surface area contributed by atoms with Gasteiger partial charge < -0.3 is 14.9 Å². The first-order valence-corrected chi connectivity index (χ1v) is 7.18. The number of rotatable bonds is 7. The number of carboxylic acid groups (broad SMARTS) is 1. The lowest BCUT2D eigenvalue weighted by Gasteiger charge is -2.10. The third-order valence-electron chi connectivity index (χ3n) is 3.35. The fourth-order valence-corrected chi connectivity index (χ4v) is 2.04. The molecule has 0 aliphatic heterocycles. The Morgan fingerprint density at radius 3 is 2.55 bits per heavy atom. The van der Waals surface area contributed by atoms with E-state index in [2.05, 4.69) is 0 Å². The second-order valence-corrected chi connectivity index (χ2v) is 5.41. The first-order chi connectivity index (χ1) is 10.3. The molecule has 0 saturated heterocycles. The summed E-state index contributed by atoms with van der Waals surface area (Å²) in [5.74, 6) is -1.12. The van der Waals surface area contributed by atoms with Gasteiger partial charge in [-0.25, -0.2) is 4.79 Å². The minimum absolute atomic E-state index is 0.0402. The number of hydrogen-bond donors (Lipinski definition) is 2. The van der Waals surface area contributed by atoms with Gasteiger partial charge in [0, 0.05) is 12.5 Å². The van der Waals surface area contributed by atoms with Gasteiger partial charge in [0.05, 0.1) is 12.2 Å². The molecular weight excluding hydrogens is 284 g/mol. The summed E-state index contributed by atoms with van der Waals surface area (Å²) in [6, 6.07) is 4.32. The lowest BCUT2D eigenvalue weighted by Crippen LogP contribution is -2.08. The lowest BCUT2D eigenvalue weighted by atomic mass is 10.0. The zero-order chi connectivity index (χ0) is 16.7. The number of carbonyl (C=O) groups is 2. The van der Waals surface area contributed by atoms with Gasteiger partial charge in [0.25, 0.3) is 0 Å². The average molecular weight is 306 g/mol. The van der Waals surface area contributed by atoms with Crippen molar-refractivity contribution in [3.05, 3.63) is 35.4 Å². The van der Waals surface area contributed by atoms with Crippen LogP contribution < -0.4 is 0 Å². The number of phenolic OH excluding ortho intramolecular Hbond substituents is 1. The Labute approximate surface area is 130 Å². The summed E-state index contributed by atoms with van der Waals surface area (Å²) in [6.07, 6.45) is 3.63. The molecule has 1 rings (SSSR count). The van der Waals surface area contributed by atoms with Crippen LogP contribution in [0.25, 0.3) is 5.57 Å². The van der Waals surface area contributed by atoms with Crippen molar-refractivity contribution in [3.63, 3.8) is 0 Å². The fourth-order valence-electron chi connectivity index (χ4n) is 2.04. The zero-order valence-corrected chi connectivity index (χ0v) is 13.1. The minimum atomic E-state index is -1.07. The van der Waals surface area contributed by atoms with E-state index in [0.717, 1.165) is 18.4 Å². The van der Waals surface area contributed by atoms with Crippen molar-refractivity contribution < 1.29 is 24.5 Å². The Morgan fingerprint density at radius 1 is 1.32 bits per heavy atom. The number of hydrogen-bond acceptors (Lipinski definition) is 4. The van der Waals surface area contributed by atoms with Gasteiger partial charge in [-0.3, -0.25) is 4.79 Å². The standard InChI is InChI=1S/C17H22O5/c1-11(10-22-13(3)18)5-4-6-12(2)15-8-7-14(17(20)21)9-16(15)19/h6-9,11,19H,4-5,10H2,1-3H3,(H,20,21)/b12-6+. The highest BCUT2D eigenvalue weighted by Gasteiger charge is 2.09. The summed E-state index contributed by atoms with van der Waals surface area (Å²) in [6.45, 7) is 5.67. The van der Waals surface area contributed by atoms with Gasteiger partial charge in [-0.1, -0.05) is 19.1 Å². The largest absolute Gasteiger partial charge is 0.507 e. The Balaban J connectivity index is 2.62. The van der Waals surface area contributed by atoms with Gasteiger partial charge >= 0.3 is 11.9 Å². The van der Waals surface area contributed by atoms with Gasteiger partial charge in [0.2, 0.25) is 0 Å². The maximum atomic E-state index is 10.8. The highest BCUT2D eigenvalue weighted by molar-refractivity contribution is 5.89. The third-order valence-corrected chi connectivity index (χ3v) is 3.35. The predicted octanol–water partition coefficient (Wildman–Crippen LogP) is 3.47. The second kappa shape index (κ2) is 8.22. The van der Waals surface area contributed by atoms with E-state index in [0.29, 0.717) is 12.2 Å². The SMILES string of the molecule is CC(=O)OCC(C)CC/C=C(\C)c1ccc(C(=O)O)cc1O. The molecule has 5 nitrogen and oxygen atoms in total. The topological polar surface area (TPSA) is 83.8 Å². The summed E-state index contributed by atoms with van der Waals surface area (Å²) in [5, 5.41) is 18.8. The molecule has 0 amide bonds. The van der Waals surface area contributed by atoms with Gasteiger partial charge in [-0.2, -0.15) is 0 Å². The molecule has 0 saturated carbocycles. The molecular formula is C17H22O5. The number of benzene rings is 1. The number of carboxylic acids is 1. The molecule has 0 bridgehead atoms. The van der Waals surface area contributed by atoms with Gasteiger partial charge in [-0.05, 0) is 43.4 Å². The summed E-state index contributed by atoms with van der Waals surface area (Å²) in [7, 11) is 0. The third kappa shape index (κ3) is 5.60. The van der Waals surface area contributed by atoms with E-state index in [9.17, 15) is 14.7 Å². The fraction of sp³-hybridized carbons (Fsp3) is 0.412. The molecule has 22 heavy (non-hydrogen) atoms. The van der Waals surface area contributed by atoms with Gasteiger partial charge in [0.15, 0.2) is 0 Å². The maximum absolute atomic E-state index is 10.8. The van der Waals surface area contributed by atoms with Crippen LogP contribution in [0.3, 0.4) is 0 Å². The van der Waals surface area contributed by atoms with E-state index in [4.69, 9.17) is 9.84 Å². The van der Waals surface area contributed by atoms with Crippen LogP contribution in [-0.4, -0.2) is 28.8 Å². The molecule has 2 N–H and O–H groups in total. The van der Waals surface area contributed by atoms with E-state index in [1.54, 1.807) is 6.07 Å². The van der Waals surface area contributed by atoms with Crippen molar-refractivity contribution in [1.29, 1.82) is 0 Å². The Hall–Kier alpha value is -2.30. The molecule has 0 radical (unpaired) electrons. The van der Waals surface area contributed by atoms with E-state index in [1.165, 1.54) is 19.1 Å². The van der Waals surface area contributed by atoms with Crippen molar-refractivity contribution >= 4 is 17.5 Å². The summed E-state index contributed by atoms with van der Waals surface area (Å²) in [5.41, 5.74) is 1.57. The molecule has 0 aliphatic rings. The van der Waals surface area contributed by atoms with Gasteiger partial charge in [-0.15, -0.1) is 0 Å². The Bertz CT molecular complexity index is 574. The highest BCUT2D eigenvalue weighted by atomic mass is 16.5. The quantitative estimate of drug-likeness (QED) is 0.753. The molecule has 1 aromatic carbocycles. The molecule has 0 spiro atoms. The maximum Gasteiger partial charge on any atom is 0.335 e. The average Bonchev–Trinajstić information content (AvgIpc) is 2.44. The van der Waals surface area contributed by atoms with E-state index < -0.39 is 5.97 Å². The first kappa shape index (κ1) is 17.8. The molecule has 0 aliphatic carbocycles. The molecule has 120 valence electrons. The number of aromatic hydroxyl groups is 1. The van der Waals surface area contributed by atoms with Crippen molar-refractivity contribution in [1.82, 2.24) is 0 Å². The molecule has 0 fully saturated rings. The first-order valence-electron chi connectivity index (χ1n) is 7.18. The number of carbonyl (C=O) groups excluding carboxylic acids is 1. The monoisotopic (exact) mass is 306 g/mol. The van der Waals surface area contributed by atoms with Crippen LogP contribution in [0.5, 0.6) is 5.75 Å². The van der Waals surface area contributed by atoms with Crippen LogP contribution in [0.1, 0.15) is 49.5 Å². The van der Waals surface area contributed by atoms with Crippen molar-refractivity contribution in [3.8, 4) is 5.75 Å². The lowest BCUT2D eigenvalue weighted by molar-refractivity contribution is -0.142. The van der Waals surface area contributed by atoms with Crippen molar-refractivity contribution in [2.75, 3.05) is 6.61 Å². The van der Waals surface area contributed by atoms with E-state index in [1.807, 2.05) is 19.9 Å². The van der Waals surface area contributed by atoms with Crippen LogP contribution in [0.4, 0.5) is 0 Å². The molecule has 5 heteroatoms. The summed E-state index contributed by atoms with van der Waals surface area (Å²) in [4.78, 5) is 21.6. The number of aromatic carboxylic acids is 1. The summed E-state index contributed by atoms with van der Waals surface area (Å²) >= 11 is 0. The molecule has 0 heterocycles. The van der Waals surface area contributed by atoms with E-state index >= 15 is 0 Å². The predicted molar refractivity (Wildman–Crippen MR) is 83.7 cm³/mol.